The van der Waals surface area contributed by atoms with Crippen molar-refractivity contribution < 1.29 is 33.4 Å². The van der Waals surface area contributed by atoms with Gasteiger partial charge in [0.05, 0.1) is 7.11 Å². The van der Waals surface area contributed by atoms with Crippen LogP contribution in [0.2, 0.25) is 0 Å². The van der Waals surface area contributed by atoms with Gasteiger partial charge in [0.2, 0.25) is 11.8 Å². The quantitative estimate of drug-likeness (QED) is 0.134. The molecule has 3 amide bonds. The molecule has 1 rings (SSSR count). The highest BCUT2D eigenvalue weighted by atomic mass is 35.5. The molecule has 4 atom stereocenters. The van der Waals surface area contributed by atoms with Gasteiger partial charge in [-0.25, -0.2) is 9.59 Å². The number of esters is 1. The molecule has 0 aromatic heterocycles. The Morgan fingerprint density at radius 3 is 2.55 bits per heavy atom. The van der Waals surface area contributed by atoms with E-state index < -0.39 is 29.6 Å². The van der Waals surface area contributed by atoms with Crippen LogP contribution in [-0.4, -0.2) is 49.2 Å². The number of cyclic esters (lactones) is 1. The highest BCUT2D eigenvalue weighted by Crippen LogP contribution is 2.23. The Bertz CT molecular complexity index is 1230. The van der Waals surface area contributed by atoms with Gasteiger partial charge in [-0.2, -0.15) is 0 Å². The summed E-state index contributed by atoms with van der Waals surface area (Å²) in [6, 6.07) is -0.790. The molecule has 1 aliphatic heterocycles. The second-order valence-electron chi connectivity index (χ2n) is 11.5. The molecule has 10 nitrogen and oxygen atoms in total. The number of ether oxygens (including phenoxy) is 3. The van der Waals surface area contributed by atoms with E-state index in [1.54, 1.807) is 31.2 Å². The summed E-state index contributed by atoms with van der Waals surface area (Å²) in [5.74, 6) is 4.98. The summed E-state index contributed by atoms with van der Waals surface area (Å²) in [5.41, 5.74) is 5.54. The van der Waals surface area contributed by atoms with Gasteiger partial charge in [0, 0.05) is 43.1 Å². The van der Waals surface area contributed by atoms with Gasteiger partial charge in [0.1, 0.15) is 18.2 Å². The van der Waals surface area contributed by atoms with Crippen molar-refractivity contribution >= 4 is 35.5 Å². The molecule has 0 saturated carbocycles. The maximum Gasteiger partial charge on any atom is 0.404 e. The molecule has 1 heterocycles. The van der Waals surface area contributed by atoms with Crippen molar-refractivity contribution in [2.24, 2.45) is 17.1 Å². The lowest BCUT2D eigenvalue weighted by molar-refractivity contribution is -0.151. The number of methoxy groups -OCH3 is 1. The SMILES string of the molecule is COC1=CC[C@@H]([C@@H](C)/C=C(C)/C=C\C#CCCC(=O)N[C@H](C(=O)N/C=C\C[C@H](C/C=C(\C)Cl)OC(N)=O)C(C)(C)C)OC1=O. The second-order valence-corrected chi connectivity index (χ2v) is 12.1. The van der Waals surface area contributed by atoms with E-state index in [1.165, 1.54) is 13.3 Å². The molecule has 0 aromatic rings. The van der Waals surface area contributed by atoms with Gasteiger partial charge >= 0.3 is 12.1 Å². The molecule has 242 valence electrons. The number of amides is 3. The Balaban J connectivity index is 2.60. The first kappa shape index (κ1) is 38.1. The van der Waals surface area contributed by atoms with E-state index in [9.17, 15) is 19.2 Å². The van der Waals surface area contributed by atoms with Crippen molar-refractivity contribution in [3.8, 4) is 11.8 Å². The van der Waals surface area contributed by atoms with Crippen LogP contribution < -0.4 is 16.4 Å². The fourth-order valence-corrected chi connectivity index (χ4v) is 4.19. The lowest BCUT2D eigenvalue weighted by Gasteiger charge is -2.29. The van der Waals surface area contributed by atoms with E-state index in [1.807, 2.05) is 46.8 Å². The Labute approximate surface area is 266 Å². The average Bonchev–Trinajstić information content (AvgIpc) is 2.93. The molecular formula is C33H46ClN3O7. The molecule has 0 spiro atoms. The third kappa shape index (κ3) is 15.5. The van der Waals surface area contributed by atoms with Crippen molar-refractivity contribution in [1.29, 1.82) is 0 Å². The van der Waals surface area contributed by atoms with Crippen LogP contribution in [-0.2, 0) is 28.6 Å². The maximum atomic E-state index is 12.9. The van der Waals surface area contributed by atoms with Crippen LogP contribution in [0.4, 0.5) is 4.79 Å². The molecule has 0 bridgehead atoms. The first-order valence-corrected chi connectivity index (χ1v) is 14.8. The molecule has 44 heavy (non-hydrogen) atoms. The van der Waals surface area contributed by atoms with Crippen molar-refractivity contribution in [2.75, 3.05) is 7.11 Å². The van der Waals surface area contributed by atoms with E-state index in [0.717, 1.165) is 5.57 Å². The number of hydrogen-bond donors (Lipinski definition) is 3. The minimum absolute atomic E-state index is 0.00830. The Morgan fingerprint density at radius 1 is 1.25 bits per heavy atom. The minimum Gasteiger partial charge on any atom is -0.490 e. The first-order chi connectivity index (χ1) is 20.6. The number of nitrogens with two attached hydrogens (primary N) is 1. The highest BCUT2D eigenvalue weighted by molar-refractivity contribution is 6.29. The van der Waals surface area contributed by atoms with Crippen LogP contribution in [0.25, 0.3) is 0 Å². The summed E-state index contributed by atoms with van der Waals surface area (Å²) >= 11 is 5.84. The third-order valence-corrected chi connectivity index (χ3v) is 6.61. The van der Waals surface area contributed by atoms with Crippen LogP contribution in [0.3, 0.4) is 0 Å². The van der Waals surface area contributed by atoms with E-state index in [2.05, 4.69) is 22.5 Å². The van der Waals surface area contributed by atoms with Crippen LogP contribution in [0.1, 0.15) is 73.6 Å². The zero-order valence-electron chi connectivity index (χ0n) is 26.7. The number of rotatable bonds is 14. The minimum atomic E-state index is -0.897. The molecule has 0 radical (unpaired) electrons. The second kappa shape index (κ2) is 19.3. The van der Waals surface area contributed by atoms with Gasteiger partial charge in [-0.3, -0.25) is 9.59 Å². The normalized spacial score (nSPS) is 18.0. The summed E-state index contributed by atoms with van der Waals surface area (Å²) in [6.07, 6.45) is 12.1. The lowest BCUT2D eigenvalue weighted by atomic mass is 9.86. The summed E-state index contributed by atoms with van der Waals surface area (Å²) in [6.45, 7) is 11.2. The fourth-order valence-electron chi connectivity index (χ4n) is 4.10. The first-order valence-electron chi connectivity index (χ1n) is 14.5. The van der Waals surface area contributed by atoms with Gasteiger partial charge in [-0.15, -0.1) is 0 Å². The van der Waals surface area contributed by atoms with Crippen LogP contribution in [0.5, 0.6) is 0 Å². The molecule has 0 saturated heterocycles. The average molecular weight is 632 g/mol. The number of primary amides is 1. The van der Waals surface area contributed by atoms with Crippen molar-refractivity contribution in [1.82, 2.24) is 10.6 Å². The standard InChI is InChI=1S/C33H46ClN3O7/c1-22(21-23(2)26-18-19-27(42-7)31(40)44-26)13-10-8-9-11-15-28(38)37-29(33(4,5)6)30(39)36-20-12-14-25(43-32(35)41)17-16-24(3)34/h10,12-13,16,19-21,23,25-26,29H,11,14-15,17-18H2,1-7H3,(H2,35,41)(H,36,39)(H,37,38)/b13-10-,20-12-,22-21+,24-16+/t23-,25+,26-,29+/m0/s1. The summed E-state index contributed by atoms with van der Waals surface area (Å²) in [5, 5.41) is 6.04. The molecule has 0 fully saturated rings. The van der Waals surface area contributed by atoms with Crippen molar-refractivity contribution in [3.63, 3.8) is 0 Å². The zero-order chi connectivity index (χ0) is 33.3. The van der Waals surface area contributed by atoms with Crippen LogP contribution in [0, 0.1) is 23.2 Å². The van der Waals surface area contributed by atoms with Crippen molar-refractivity contribution in [2.45, 2.75) is 91.9 Å². The smallest absolute Gasteiger partial charge is 0.404 e. The Kier molecular flexibility index (Phi) is 16.7. The van der Waals surface area contributed by atoms with Gasteiger partial charge in [0.15, 0.2) is 5.76 Å². The van der Waals surface area contributed by atoms with Crippen molar-refractivity contribution in [3.05, 3.63) is 59.0 Å². The van der Waals surface area contributed by atoms with Crippen LogP contribution in [0.15, 0.2) is 59.0 Å². The molecule has 0 aliphatic carbocycles. The molecule has 1 aliphatic rings. The molecule has 11 heteroatoms. The predicted molar refractivity (Wildman–Crippen MR) is 171 cm³/mol. The number of nitrogens with one attached hydrogen (secondary N) is 2. The summed E-state index contributed by atoms with van der Waals surface area (Å²) < 4.78 is 15.5. The highest BCUT2D eigenvalue weighted by Gasteiger charge is 2.32. The summed E-state index contributed by atoms with van der Waals surface area (Å²) in [7, 11) is 1.44. The largest absolute Gasteiger partial charge is 0.490 e. The number of hydrogen-bond acceptors (Lipinski definition) is 7. The van der Waals surface area contributed by atoms with Gasteiger partial charge in [0.25, 0.3) is 0 Å². The molecule has 4 N–H and O–H groups in total. The predicted octanol–water partition coefficient (Wildman–Crippen LogP) is 5.30. The molecule has 0 aromatic carbocycles. The van der Waals surface area contributed by atoms with E-state index in [-0.39, 0.29) is 36.0 Å². The maximum absolute atomic E-state index is 12.9. The lowest BCUT2D eigenvalue weighted by Crippen LogP contribution is -2.52. The van der Waals surface area contributed by atoms with Gasteiger partial charge in [-0.05, 0) is 37.6 Å². The topological polar surface area (TPSA) is 146 Å². The van der Waals surface area contributed by atoms with Gasteiger partial charge < -0.3 is 30.6 Å². The van der Waals surface area contributed by atoms with Gasteiger partial charge in [-0.1, -0.05) is 81.0 Å². The monoisotopic (exact) mass is 631 g/mol. The number of carbonyl (C=O) groups is 4. The third-order valence-electron chi connectivity index (χ3n) is 6.46. The number of allylic oxidation sites excluding steroid dienone is 4. The van der Waals surface area contributed by atoms with E-state index >= 15 is 0 Å². The van der Waals surface area contributed by atoms with E-state index in [4.69, 9.17) is 31.5 Å². The summed E-state index contributed by atoms with van der Waals surface area (Å²) in [4.78, 5) is 48.5. The molecule has 0 unspecified atom stereocenters. The molecular weight excluding hydrogens is 586 g/mol. The fraction of sp³-hybridized carbons (Fsp3) is 0.515. The number of carbonyl (C=O) groups excluding carboxylic acids is 4. The zero-order valence-corrected chi connectivity index (χ0v) is 27.5. The van der Waals surface area contributed by atoms with E-state index in [0.29, 0.717) is 30.7 Å². The Hall–Kier alpha value is -3.97. The number of halogens is 1. The van der Waals surface area contributed by atoms with Crippen LogP contribution >= 0.6 is 11.6 Å². The Morgan fingerprint density at radius 2 is 1.95 bits per heavy atom.